The molecule has 0 aromatic rings. The standard InChI is InChI=1S/C10H21NO2/c1-3-5-11(6-4-2)9-10-12-7-8-13-10/h10H,3-9H2,1-2H3. The number of nitrogens with zero attached hydrogens (tertiary/aromatic N) is 1. The molecule has 0 amide bonds. The van der Waals surface area contributed by atoms with Crippen LogP contribution in [0.1, 0.15) is 26.7 Å². The van der Waals surface area contributed by atoms with Crippen LogP contribution in [0.3, 0.4) is 0 Å². The fraction of sp³-hybridized carbons (Fsp3) is 1.00. The van der Waals surface area contributed by atoms with Gasteiger partial charge in [0.05, 0.1) is 13.2 Å². The summed E-state index contributed by atoms with van der Waals surface area (Å²) in [5.74, 6) is 0. The molecule has 0 atom stereocenters. The van der Waals surface area contributed by atoms with Crippen LogP contribution in [0.2, 0.25) is 0 Å². The van der Waals surface area contributed by atoms with Gasteiger partial charge in [-0.25, -0.2) is 0 Å². The normalized spacial score (nSPS) is 18.7. The molecule has 1 aliphatic rings. The molecular weight excluding hydrogens is 166 g/mol. The fourth-order valence-corrected chi connectivity index (χ4v) is 1.65. The maximum atomic E-state index is 5.41. The van der Waals surface area contributed by atoms with E-state index in [2.05, 4.69) is 18.7 Å². The van der Waals surface area contributed by atoms with E-state index < -0.39 is 0 Å². The summed E-state index contributed by atoms with van der Waals surface area (Å²) in [6.45, 7) is 9.17. The summed E-state index contributed by atoms with van der Waals surface area (Å²) in [6.07, 6.45) is 2.43. The molecule has 3 heteroatoms. The smallest absolute Gasteiger partial charge is 0.170 e. The van der Waals surface area contributed by atoms with Crippen molar-refractivity contribution in [3.8, 4) is 0 Å². The fourth-order valence-electron chi connectivity index (χ4n) is 1.65. The van der Waals surface area contributed by atoms with Gasteiger partial charge in [-0.1, -0.05) is 13.8 Å². The molecule has 0 saturated carbocycles. The Morgan fingerprint density at radius 3 is 2.08 bits per heavy atom. The van der Waals surface area contributed by atoms with E-state index in [9.17, 15) is 0 Å². The van der Waals surface area contributed by atoms with Crippen molar-refractivity contribution in [1.29, 1.82) is 0 Å². The van der Waals surface area contributed by atoms with E-state index in [0.29, 0.717) is 0 Å². The van der Waals surface area contributed by atoms with Gasteiger partial charge in [-0.3, -0.25) is 4.90 Å². The van der Waals surface area contributed by atoms with Crippen molar-refractivity contribution in [1.82, 2.24) is 4.90 Å². The van der Waals surface area contributed by atoms with E-state index in [-0.39, 0.29) is 6.29 Å². The second-order valence-corrected chi connectivity index (χ2v) is 3.47. The minimum atomic E-state index is 0.0260. The molecule has 0 radical (unpaired) electrons. The number of rotatable bonds is 6. The van der Waals surface area contributed by atoms with Gasteiger partial charge in [-0.05, 0) is 25.9 Å². The zero-order valence-corrected chi connectivity index (χ0v) is 8.79. The highest BCUT2D eigenvalue weighted by molar-refractivity contribution is 4.61. The summed E-state index contributed by atoms with van der Waals surface area (Å²) in [5, 5.41) is 0. The minimum absolute atomic E-state index is 0.0260. The lowest BCUT2D eigenvalue weighted by Gasteiger charge is -2.23. The van der Waals surface area contributed by atoms with E-state index >= 15 is 0 Å². The average Bonchev–Trinajstić information content (AvgIpc) is 2.58. The molecule has 0 bridgehead atoms. The molecule has 0 unspecified atom stereocenters. The summed E-state index contributed by atoms with van der Waals surface area (Å²) in [7, 11) is 0. The highest BCUT2D eigenvalue weighted by Gasteiger charge is 2.18. The Morgan fingerprint density at radius 1 is 1.08 bits per heavy atom. The second-order valence-electron chi connectivity index (χ2n) is 3.47. The van der Waals surface area contributed by atoms with Crippen LogP contribution in [0.25, 0.3) is 0 Å². The van der Waals surface area contributed by atoms with E-state index in [1.807, 2.05) is 0 Å². The Balaban J connectivity index is 2.19. The maximum absolute atomic E-state index is 5.41. The first-order valence-electron chi connectivity index (χ1n) is 5.32. The van der Waals surface area contributed by atoms with Crippen molar-refractivity contribution in [2.75, 3.05) is 32.8 Å². The molecule has 1 rings (SSSR count). The molecule has 1 aliphatic heterocycles. The van der Waals surface area contributed by atoms with E-state index in [1.54, 1.807) is 0 Å². The van der Waals surface area contributed by atoms with Gasteiger partial charge >= 0.3 is 0 Å². The Morgan fingerprint density at radius 2 is 1.62 bits per heavy atom. The molecule has 0 aromatic carbocycles. The minimum Gasteiger partial charge on any atom is -0.349 e. The first-order chi connectivity index (χ1) is 6.36. The molecule has 13 heavy (non-hydrogen) atoms. The summed E-state index contributed by atoms with van der Waals surface area (Å²) in [4.78, 5) is 2.41. The van der Waals surface area contributed by atoms with Crippen molar-refractivity contribution in [2.24, 2.45) is 0 Å². The maximum Gasteiger partial charge on any atom is 0.170 e. The van der Waals surface area contributed by atoms with Crippen LogP contribution in [-0.4, -0.2) is 44.0 Å². The predicted octanol–water partition coefficient (Wildman–Crippen LogP) is 1.48. The van der Waals surface area contributed by atoms with Gasteiger partial charge in [0.25, 0.3) is 0 Å². The van der Waals surface area contributed by atoms with Crippen LogP contribution in [0.4, 0.5) is 0 Å². The number of ether oxygens (including phenoxy) is 2. The van der Waals surface area contributed by atoms with Crippen LogP contribution in [0, 0.1) is 0 Å². The summed E-state index contributed by atoms with van der Waals surface area (Å²) >= 11 is 0. The highest BCUT2D eigenvalue weighted by atomic mass is 16.7. The molecule has 0 spiro atoms. The van der Waals surface area contributed by atoms with E-state index in [4.69, 9.17) is 9.47 Å². The molecule has 3 nitrogen and oxygen atoms in total. The van der Waals surface area contributed by atoms with Crippen LogP contribution >= 0.6 is 0 Å². The van der Waals surface area contributed by atoms with Gasteiger partial charge < -0.3 is 9.47 Å². The zero-order valence-electron chi connectivity index (χ0n) is 8.79. The summed E-state index contributed by atoms with van der Waals surface area (Å²) < 4.78 is 10.8. The quantitative estimate of drug-likeness (QED) is 0.628. The lowest BCUT2D eigenvalue weighted by atomic mass is 10.3. The van der Waals surface area contributed by atoms with E-state index in [0.717, 1.165) is 32.8 Å². The average molecular weight is 187 g/mol. The Bertz CT molecular complexity index is 118. The van der Waals surface area contributed by atoms with Crippen molar-refractivity contribution in [3.05, 3.63) is 0 Å². The van der Waals surface area contributed by atoms with E-state index in [1.165, 1.54) is 12.8 Å². The second kappa shape index (κ2) is 6.35. The third kappa shape index (κ3) is 4.07. The third-order valence-electron chi connectivity index (χ3n) is 2.18. The van der Waals surface area contributed by atoms with Crippen molar-refractivity contribution < 1.29 is 9.47 Å². The van der Waals surface area contributed by atoms with Gasteiger partial charge in [0.2, 0.25) is 0 Å². The molecule has 78 valence electrons. The predicted molar refractivity (Wildman–Crippen MR) is 52.7 cm³/mol. The van der Waals surface area contributed by atoms with Gasteiger partial charge in [-0.2, -0.15) is 0 Å². The van der Waals surface area contributed by atoms with Crippen molar-refractivity contribution in [3.63, 3.8) is 0 Å². The summed E-state index contributed by atoms with van der Waals surface area (Å²) in [5.41, 5.74) is 0. The molecule has 0 aromatic heterocycles. The highest BCUT2D eigenvalue weighted by Crippen LogP contribution is 2.06. The Hall–Kier alpha value is -0.120. The number of hydrogen-bond acceptors (Lipinski definition) is 3. The van der Waals surface area contributed by atoms with Gasteiger partial charge in [-0.15, -0.1) is 0 Å². The van der Waals surface area contributed by atoms with Crippen LogP contribution in [0.5, 0.6) is 0 Å². The van der Waals surface area contributed by atoms with Crippen LogP contribution < -0.4 is 0 Å². The summed E-state index contributed by atoms with van der Waals surface area (Å²) in [6, 6.07) is 0. The lowest BCUT2D eigenvalue weighted by Crippen LogP contribution is -2.34. The topological polar surface area (TPSA) is 21.7 Å². The molecule has 1 fully saturated rings. The number of hydrogen-bond donors (Lipinski definition) is 0. The van der Waals surface area contributed by atoms with Gasteiger partial charge in [0, 0.05) is 6.54 Å². The lowest BCUT2D eigenvalue weighted by molar-refractivity contribution is -0.0618. The van der Waals surface area contributed by atoms with Crippen LogP contribution in [-0.2, 0) is 9.47 Å². The molecule has 1 heterocycles. The zero-order chi connectivity index (χ0) is 9.52. The Kier molecular flexibility index (Phi) is 5.35. The SMILES string of the molecule is CCCN(CCC)CC1OCCO1. The van der Waals surface area contributed by atoms with Crippen LogP contribution in [0.15, 0.2) is 0 Å². The third-order valence-corrected chi connectivity index (χ3v) is 2.18. The van der Waals surface area contributed by atoms with Crippen molar-refractivity contribution in [2.45, 2.75) is 33.0 Å². The largest absolute Gasteiger partial charge is 0.349 e. The Labute approximate surface area is 81.0 Å². The van der Waals surface area contributed by atoms with Gasteiger partial charge in [0.1, 0.15) is 0 Å². The first kappa shape index (κ1) is 11.0. The first-order valence-corrected chi connectivity index (χ1v) is 5.32. The molecule has 0 N–H and O–H groups in total. The monoisotopic (exact) mass is 187 g/mol. The molecule has 0 aliphatic carbocycles. The van der Waals surface area contributed by atoms with Crippen molar-refractivity contribution >= 4 is 0 Å². The molecular formula is C10H21NO2. The van der Waals surface area contributed by atoms with Gasteiger partial charge in [0.15, 0.2) is 6.29 Å². The molecule has 1 saturated heterocycles.